The normalized spacial score (nSPS) is 14.3. The van der Waals surface area contributed by atoms with Crippen molar-refractivity contribution >= 4 is 6.41 Å². The minimum atomic E-state index is 0. The molecule has 0 spiro atoms. The van der Waals surface area contributed by atoms with Gasteiger partial charge >= 0.3 is 0 Å². The molecule has 1 heterocycles. The molecule has 0 fully saturated rings. The molecule has 0 bridgehead atoms. The van der Waals surface area contributed by atoms with Gasteiger partial charge in [0.05, 0.1) is 0 Å². The van der Waals surface area contributed by atoms with Gasteiger partial charge in [-0.2, -0.15) is 6.41 Å². The zero-order valence-electron chi connectivity index (χ0n) is 7.12. The summed E-state index contributed by atoms with van der Waals surface area (Å²) in [4.78, 5) is 12.1. The SMILES string of the molecule is O=[C-]N1CCc2ccccc2C1.[Rh]. The van der Waals surface area contributed by atoms with Crippen LogP contribution >= 0.6 is 0 Å². The Hall–Kier alpha value is -0.687. The fourth-order valence-corrected chi connectivity index (χ4v) is 1.57. The van der Waals surface area contributed by atoms with Crippen molar-refractivity contribution in [2.45, 2.75) is 13.0 Å². The van der Waals surface area contributed by atoms with Crippen molar-refractivity contribution in [3.63, 3.8) is 0 Å². The van der Waals surface area contributed by atoms with E-state index in [0.29, 0.717) is 0 Å². The van der Waals surface area contributed by atoms with Gasteiger partial charge in [0.25, 0.3) is 0 Å². The molecule has 0 unspecified atom stereocenters. The summed E-state index contributed by atoms with van der Waals surface area (Å²) in [5.74, 6) is 0. The number of benzene rings is 1. The second-order valence-electron chi connectivity index (χ2n) is 3.03. The summed E-state index contributed by atoms with van der Waals surface area (Å²) in [5, 5.41) is 0. The predicted octanol–water partition coefficient (Wildman–Crippen LogP) is 1.11. The van der Waals surface area contributed by atoms with Gasteiger partial charge < -0.3 is 9.69 Å². The number of hydrogen-bond donors (Lipinski definition) is 0. The molecule has 1 aliphatic rings. The van der Waals surface area contributed by atoms with Crippen molar-refractivity contribution < 1.29 is 24.3 Å². The monoisotopic (exact) mass is 263 g/mol. The maximum atomic E-state index is 10.4. The Kier molecular flexibility index (Phi) is 3.62. The van der Waals surface area contributed by atoms with E-state index < -0.39 is 0 Å². The van der Waals surface area contributed by atoms with Crippen LogP contribution in [0.2, 0.25) is 0 Å². The molecule has 1 aromatic carbocycles. The quantitative estimate of drug-likeness (QED) is 0.549. The van der Waals surface area contributed by atoms with Gasteiger partial charge in [-0.3, -0.25) is 0 Å². The van der Waals surface area contributed by atoms with Crippen molar-refractivity contribution in [1.82, 2.24) is 4.90 Å². The van der Waals surface area contributed by atoms with E-state index in [0.717, 1.165) is 19.5 Å². The minimum Gasteiger partial charge on any atom is -0.520 e. The molecule has 1 aliphatic heterocycles. The summed E-state index contributed by atoms with van der Waals surface area (Å²) in [7, 11) is 0. The number of fused-ring (bicyclic) bond motifs is 1. The molecule has 2 nitrogen and oxygen atoms in total. The Bertz CT molecular complexity index is 301. The first-order valence-corrected chi connectivity index (χ1v) is 4.09. The van der Waals surface area contributed by atoms with Crippen LogP contribution in [0, 0.1) is 0 Å². The van der Waals surface area contributed by atoms with Gasteiger partial charge in [0.15, 0.2) is 0 Å². The number of hydrogen-bond acceptors (Lipinski definition) is 1. The molecular weight excluding hydrogens is 253 g/mol. The van der Waals surface area contributed by atoms with Gasteiger partial charge in [0, 0.05) is 26.0 Å². The third-order valence-corrected chi connectivity index (χ3v) is 2.26. The van der Waals surface area contributed by atoms with Crippen LogP contribution in [-0.4, -0.2) is 17.9 Å². The van der Waals surface area contributed by atoms with Crippen molar-refractivity contribution in [2.75, 3.05) is 6.54 Å². The number of carbonyl (C=O) groups excluding carboxylic acids is 1. The number of nitrogens with zero attached hydrogens (tertiary/aromatic N) is 1. The summed E-state index contributed by atoms with van der Waals surface area (Å²) in [6.07, 6.45) is 2.89. The van der Waals surface area contributed by atoms with Crippen LogP contribution in [0.4, 0.5) is 0 Å². The van der Waals surface area contributed by atoms with Crippen molar-refractivity contribution in [3.8, 4) is 0 Å². The van der Waals surface area contributed by atoms with E-state index in [-0.39, 0.29) is 19.5 Å². The first-order valence-electron chi connectivity index (χ1n) is 4.09. The van der Waals surface area contributed by atoms with E-state index in [2.05, 4.69) is 12.1 Å². The zero-order valence-corrected chi connectivity index (χ0v) is 8.76. The van der Waals surface area contributed by atoms with E-state index in [1.54, 1.807) is 4.90 Å². The maximum absolute atomic E-state index is 10.4. The average molecular weight is 263 g/mol. The largest absolute Gasteiger partial charge is 0.520 e. The third-order valence-electron chi connectivity index (χ3n) is 2.26. The molecule has 0 N–H and O–H groups in total. The Morgan fingerprint density at radius 3 is 2.62 bits per heavy atom. The van der Waals surface area contributed by atoms with Gasteiger partial charge in [-0.05, 0) is 24.1 Å². The Morgan fingerprint density at radius 2 is 1.92 bits per heavy atom. The summed E-state index contributed by atoms with van der Waals surface area (Å²) >= 11 is 0. The predicted molar refractivity (Wildman–Crippen MR) is 46.2 cm³/mol. The molecule has 3 heteroatoms. The second-order valence-corrected chi connectivity index (χ2v) is 3.03. The fraction of sp³-hybridized carbons (Fsp3) is 0.300. The van der Waals surface area contributed by atoms with E-state index in [4.69, 9.17) is 0 Å². The van der Waals surface area contributed by atoms with Gasteiger partial charge in [-0.1, -0.05) is 24.3 Å². The average Bonchev–Trinajstić information content (AvgIpc) is 2.17. The molecule has 1 amide bonds. The first-order chi connectivity index (χ1) is 5.90. The van der Waals surface area contributed by atoms with Crippen molar-refractivity contribution in [1.29, 1.82) is 0 Å². The van der Waals surface area contributed by atoms with Crippen LogP contribution in [0.3, 0.4) is 0 Å². The molecule has 2 rings (SSSR count). The Balaban J connectivity index is 0.000000845. The summed E-state index contributed by atoms with van der Waals surface area (Å²) in [6, 6.07) is 8.24. The van der Waals surface area contributed by atoms with Crippen LogP contribution in [0.1, 0.15) is 11.1 Å². The summed E-state index contributed by atoms with van der Waals surface area (Å²) < 4.78 is 0. The minimum absolute atomic E-state index is 0. The number of rotatable bonds is 1. The molecular formula is C10H10NORh-. The zero-order chi connectivity index (χ0) is 8.39. The standard InChI is InChI=1S/C10H10NO.Rh/c12-8-11-6-5-9-3-1-2-4-10(9)7-11;/h1-4H,5-7H2;/q-1;. The van der Waals surface area contributed by atoms with Crippen LogP contribution < -0.4 is 0 Å². The van der Waals surface area contributed by atoms with E-state index in [1.807, 2.05) is 18.5 Å². The van der Waals surface area contributed by atoms with Crippen molar-refractivity contribution in [3.05, 3.63) is 35.4 Å². The molecule has 0 saturated heterocycles. The molecule has 0 saturated carbocycles. The van der Waals surface area contributed by atoms with Crippen LogP contribution in [0.5, 0.6) is 0 Å². The number of amides is 1. The van der Waals surface area contributed by atoms with Crippen molar-refractivity contribution in [2.24, 2.45) is 0 Å². The molecule has 0 aromatic heterocycles. The Labute approximate surface area is 90.7 Å². The van der Waals surface area contributed by atoms with Gasteiger partial charge in [-0.25, -0.2) is 0 Å². The van der Waals surface area contributed by atoms with Crippen LogP contribution in [-0.2, 0) is 37.2 Å². The molecule has 1 aromatic rings. The molecule has 71 valence electrons. The Morgan fingerprint density at radius 1 is 1.23 bits per heavy atom. The summed E-state index contributed by atoms with van der Waals surface area (Å²) in [5.41, 5.74) is 2.62. The summed E-state index contributed by atoms with van der Waals surface area (Å²) in [6.45, 7) is 1.53. The third kappa shape index (κ3) is 2.16. The molecule has 0 atom stereocenters. The van der Waals surface area contributed by atoms with E-state index >= 15 is 0 Å². The van der Waals surface area contributed by atoms with E-state index in [1.165, 1.54) is 11.1 Å². The van der Waals surface area contributed by atoms with Crippen LogP contribution in [0.15, 0.2) is 24.3 Å². The second kappa shape index (κ2) is 4.52. The molecule has 0 aliphatic carbocycles. The molecule has 13 heavy (non-hydrogen) atoms. The van der Waals surface area contributed by atoms with Crippen LogP contribution in [0.25, 0.3) is 0 Å². The topological polar surface area (TPSA) is 20.3 Å². The fourth-order valence-electron chi connectivity index (χ4n) is 1.57. The maximum Gasteiger partial charge on any atom is 0.0142 e. The smallest absolute Gasteiger partial charge is 0.0142 e. The van der Waals surface area contributed by atoms with Gasteiger partial charge in [0.1, 0.15) is 0 Å². The van der Waals surface area contributed by atoms with Gasteiger partial charge in [0.2, 0.25) is 0 Å². The molecule has 1 radical (unpaired) electrons. The van der Waals surface area contributed by atoms with Gasteiger partial charge in [-0.15, -0.1) is 0 Å². The van der Waals surface area contributed by atoms with E-state index in [9.17, 15) is 4.79 Å². The first kappa shape index (κ1) is 10.4.